The number of alkyl halides is 2. The number of halogens is 3. The van der Waals surface area contributed by atoms with Crippen LogP contribution >= 0.6 is 0 Å². The Morgan fingerprint density at radius 3 is 2.49 bits per heavy atom. The van der Waals surface area contributed by atoms with Crippen molar-refractivity contribution in [3.63, 3.8) is 0 Å². The zero-order chi connectivity index (χ0) is 38.4. The first-order chi connectivity index (χ1) is 26.4. The van der Waals surface area contributed by atoms with Crippen molar-refractivity contribution >= 4 is 12.1 Å². The Bertz CT molecular complexity index is 1830. The first-order valence-electron chi connectivity index (χ1n) is 19.6. The molecule has 0 atom stereocenters. The van der Waals surface area contributed by atoms with Gasteiger partial charge in [0.05, 0.1) is 17.8 Å². The van der Waals surface area contributed by atoms with Crippen molar-refractivity contribution in [2.24, 2.45) is 5.41 Å². The molecule has 0 N–H and O–H groups in total. The van der Waals surface area contributed by atoms with Crippen molar-refractivity contribution < 1.29 is 32.2 Å². The van der Waals surface area contributed by atoms with E-state index in [0.717, 1.165) is 95.7 Å². The largest absolute Gasteiger partial charge is 0.490 e. The van der Waals surface area contributed by atoms with E-state index in [1.54, 1.807) is 0 Å². The predicted molar refractivity (Wildman–Crippen MR) is 198 cm³/mol. The van der Waals surface area contributed by atoms with Gasteiger partial charge in [-0.25, -0.2) is 18.2 Å². The number of hydrogen-bond donors (Lipinski definition) is 0. The van der Waals surface area contributed by atoms with Crippen molar-refractivity contribution in [2.45, 2.75) is 95.0 Å². The lowest BCUT2D eigenvalue weighted by molar-refractivity contribution is -0.221. The van der Waals surface area contributed by atoms with Gasteiger partial charge < -0.3 is 24.0 Å². The van der Waals surface area contributed by atoms with E-state index in [9.17, 15) is 18.0 Å². The van der Waals surface area contributed by atoms with Gasteiger partial charge in [-0.05, 0) is 77.5 Å². The van der Waals surface area contributed by atoms with E-state index in [4.69, 9.17) is 14.2 Å². The van der Waals surface area contributed by atoms with Gasteiger partial charge in [0.25, 0.3) is 11.8 Å². The molecule has 0 unspecified atom stereocenters. The average Bonchev–Trinajstić information content (AvgIpc) is 3.09. The molecule has 1 aromatic carbocycles. The molecule has 0 amide bonds. The highest BCUT2D eigenvalue weighted by Gasteiger charge is 2.55. The summed E-state index contributed by atoms with van der Waals surface area (Å²) >= 11 is 0. The van der Waals surface area contributed by atoms with E-state index in [0.29, 0.717) is 18.1 Å². The molecule has 3 saturated heterocycles. The van der Waals surface area contributed by atoms with Gasteiger partial charge in [-0.2, -0.15) is 0 Å². The molecular weight excluding hydrogens is 713 g/mol. The first-order valence-corrected chi connectivity index (χ1v) is 19.6. The number of ether oxygens (including phenoxy) is 3. The number of benzene rings is 1. The summed E-state index contributed by atoms with van der Waals surface area (Å²) in [7, 11) is 1.91. The fraction of sp³-hybridized carbons (Fsp3) is 0.625. The van der Waals surface area contributed by atoms with Gasteiger partial charge in [-0.3, -0.25) is 19.6 Å². The maximum atomic E-state index is 13.6. The summed E-state index contributed by atoms with van der Waals surface area (Å²) in [6, 6.07) is 6.28. The number of carbonyl (C=O) groups excluding carboxylic acids is 1. The lowest BCUT2D eigenvalue weighted by atomic mass is 9.61. The van der Waals surface area contributed by atoms with Crippen LogP contribution in [0.3, 0.4) is 0 Å². The Morgan fingerprint density at radius 1 is 1.04 bits per heavy atom. The molecule has 296 valence electrons. The zero-order valence-corrected chi connectivity index (χ0v) is 31.9. The highest BCUT2D eigenvalue weighted by atomic mass is 19.3. The summed E-state index contributed by atoms with van der Waals surface area (Å²) in [5.41, 5.74) is 2.88. The first kappa shape index (κ1) is 38.0. The number of aromatic nitrogens is 4. The molecule has 6 heterocycles. The molecule has 5 fully saturated rings. The van der Waals surface area contributed by atoms with E-state index in [1.165, 1.54) is 36.9 Å². The fourth-order valence-electron chi connectivity index (χ4n) is 8.88. The third-order valence-electron chi connectivity index (χ3n) is 12.4. The molecule has 12 nitrogen and oxygen atoms in total. The molecule has 2 aromatic heterocycles. The molecule has 0 radical (unpaired) electrons. The van der Waals surface area contributed by atoms with Gasteiger partial charge in [0.15, 0.2) is 12.1 Å². The Balaban J connectivity index is 0.000000337. The second-order valence-corrected chi connectivity index (χ2v) is 16.8. The number of nitrogens with zero attached hydrogens (tertiary/aromatic N) is 8. The van der Waals surface area contributed by atoms with Crippen LogP contribution in [0.15, 0.2) is 36.8 Å². The summed E-state index contributed by atoms with van der Waals surface area (Å²) in [5.74, 6) is -0.951. The van der Waals surface area contributed by atoms with E-state index in [2.05, 4.69) is 34.9 Å². The van der Waals surface area contributed by atoms with Crippen LogP contribution in [0, 0.1) is 11.2 Å². The summed E-state index contributed by atoms with van der Waals surface area (Å²) in [6.45, 7) is 12.9. The standard InChI is InChI=1S/C32H36FN7O4.C8H15F2N/c33-23-2-3-27(22(12-23)16-41)44-30-29(35-21-36-37-30)40-17-31(18-40)13-24(14-31)43-28-4-7-34-26-5-10-38(15-25(26)28)8-1-9-39-19-32(20-39)6-11-42-32;1-6(2)11(3)7-4-8(9,10)5-7/h2-4,7,12,16,21,24H,1,5-6,8-11,13-15,17-20H2;6-7H,4-5H2,1-3H3. The third-order valence-corrected chi connectivity index (χ3v) is 12.4. The number of fused-ring (bicyclic) bond motifs is 1. The maximum absolute atomic E-state index is 13.6. The minimum atomic E-state index is -2.38. The smallest absolute Gasteiger partial charge is 0.282 e. The second-order valence-electron chi connectivity index (χ2n) is 16.8. The van der Waals surface area contributed by atoms with Crippen LogP contribution in [0.25, 0.3) is 0 Å². The topological polar surface area (TPSA) is 109 Å². The van der Waals surface area contributed by atoms with Crippen LogP contribution in [0.5, 0.6) is 17.4 Å². The SMILES string of the molecule is CC(C)N(C)C1CC(F)(F)C1.O=Cc1cc(F)ccc1Oc1nncnc1N1CC2(CC(Oc3ccnc4c3CN(CCCN3CC5(CCO5)C3)CC4)C2)C1. The van der Waals surface area contributed by atoms with Gasteiger partial charge in [0.1, 0.15) is 29.7 Å². The lowest BCUT2D eigenvalue weighted by Crippen LogP contribution is -2.68. The number of pyridine rings is 1. The molecule has 2 aliphatic carbocycles. The minimum Gasteiger partial charge on any atom is -0.490 e. The molecule has 4 aliphatic heterocycles. The molecule has 9 rings (SSSR count). The van der Waals surface area contributed by atoms with Crippen molar-refractivity contribution in [3.8, 4) is 17.4 Å². The van der Waals surface area contributed by atoms with E-state index in [1.807, 2.05) is 38.1 Å². The van der Waals surface area contributed by atoms with Gasteiger partial charge in [0.2, 0.25) is 0 Å². The Labute approximate surface area is 320 Å². The third kappa shape index (κ3) is 8.16. The van der Waals surface area contributed by atoms with Crippen LogP contribution in [0.2, 0.25) is 0 Å². The summed E-state index contributed by atoms with van der Waals surface area (Å²) in [6.07, 6.45) is 9.35. The van der Waals surface area contributed by atoms with E-state index < -0.39 is 11.7 Å². The lowest BCUT2D eigenvalue weighted by Gasteiger charge is -2.58. The van der Waals surface area contributed by atoms with E-state index in [-0.39, 0.29) is 53.2 Å². The van der Waals surface area contributed by atoms with Crippen LogP contribution in [0.4, 0.5) is 19.0 Å². The summed E-state index contributed by atoms with van der Waals surface area (Å²) < 4.78 is 56.6. The van der Waals surface area contributed by atoms with Gasteiger partial charge in [0, 0.05) is 99.9 Å². The number of likely N-dealkylation sites (tertiary alicyclic amines) is 1. The number of aldehydes is 1. The van der Waals surface area contributed by atoms with E-state index >= 15 is 0 Å². The quantitative estimate of drug-likeness (QED) is 0.220. The van der Waals surface area contributed by atoms with Crippen molar-refractivity contribution in [3.05, 3.63) is 59.4 Å². The number of carbonyl (C=O) groups is 1. The predicted octanol–water partition coefficient (Wildman–Crippen LogP) is 5.41. The maximum Gasteiger partial charge on any atom is 0.282 e. The number of rotatable bonds is 12. The van der Waals surface area contributed by atoms with Gasteiger partial charge in [-0.15, -0.1) is 10.2 Å². The Kier molecular flexibility index (Phi) is 10.5. The van der Waals surface area contributed by atoms with Crippen LogP contribution in [-0.4, -0.2) is 130 Å². The van der Waals surface area contributed by atoms with Crippen LogP contribution < -0.4 is 14.4 Å². The summed E-state index contributed by atoms with van der Waals surface area (Å²) in [5, 5.41) is 7.96. The minimum absolute atomic E-state index is 0.0433. The van der Waals surface area contributed by atoms with Crippen molar-refractivity contribution in [1.29, 1.82) is 0 Å². The molecule has 2 saturated carbocycles. The molecule has 55 heavy (non-hydrogen) atoms. The highest BCUT2D eigenvalue weighted by Crippen LogP contribution is 2.52. The normalized spacial score (nSPS) is 22.4. The van der Waals surface area contributed by atoms with Crippen LogP contribution in [-0.2, 0) is 17.7 Å². The fourth-order valence-corrected chi connectivity index (χ4v) is 8.88. The molecule has 0 bridgehead atoms. The number of anilines is 1. The zero-order valence-electron chi connectivity index (χ0n) is 31.9. The van der Waals surface area contributed by atoms with Crippen molar-refractivity contribution in [1.82, 2.24) is 34.9 Å². The van der Waals surface area contributed by atoms with Gasteiger partial charge in [-0.1, -0.05) is 0 Å². The molecule has 15 heteroatoms. The molecule has 3 aromatic rings. The summed E-state index contributed by atoms with van der Waals surface area (Å²) in [4.78, 5) is 29.7. The van der Waals surface area contributed by atoms with Gasteiger partial charge >= 0.3 is 0 Å². The van der Waals surface area contributed by atoms with Crippen molar-refractivity contribution in [2.75, 3.05) is 64.4 Å². The molecule has 2 spiro atoms. The number of hydrogen-bond acceptors (Lipinski definition) is 12. The molecule has 6 aliphatic rings. The monoisotopic (exact) mass is 764 g/mol. The Hall–Kier alpha value is -3.92. The average molecular weight is 765 g/mol. The molecular formula is C40H51F3N8O4. The Morgan fingerprint density at radius 2 is 1.80 bits per heavy atom. The highest BCUT2D eigenvalue weighted by molar-refractivity contribution is 5.79. The van der Waals surface area contributed by atoms with Crippen LogP contribution in [0.1, 0.15) is 74.0 Å². The second kappa shape index (κ2) is 15.2.